The van der Waals surface area contributed by atoms with Crippen LogP contribution in [0.1, 0.15) is 16.7 Å². The van der Waals surface area contributed by atoms with Crippen LogP contribution in [0.25, 0.3) is 22.3 Å². The van der Waals surface area contributed by atoms with Gasteiger partial charge in [0.25, 0.3) is 0 Å². The molecule has 0 saturated carbocycles. The molecule has 3 heteroatoms. The molecule has 0 aliphatic rings. The summed E-state index contributed by atoms with van der Waals surface area (Å²) in [6, 6.07) is 82.8. The molecule has 0 aliphatic carbocycles. The molecule has 0 heterocycles. The summed E-state index contributed by atoms with van der Waals surface area (Å²) < 4.78 is 0. The largest absolute Gasteiger partial charge is 0.311 e. The first-order chi connectivity index (χ1) is 29.5. The van der Waals surface area contributed by atoms with Gasteiger partial charge in [0.1, 0.15) is 0 Å². The van der Waals surface area contributed by atoms with Crippen LogP contribution >= 0.6 is 0 Å². The number of rotatable bonds is 11. The zero-order valence-electron chi connectivity index (χ0n) is 34.3. The third-order valence-electron chi connectivity index (χ3n) is 11.1. The second kappa shape index (κ2) is 17.1. The molecular weight excluding hydrogens is 727 g/mol. The Labute approximate surface area is 354 Å². The lowest BCUT2D eigenvalue weighted by Crippen LogP contribution is -2.11. The number of anilines is 9. The zero-order chi connectivity index (χ0) is 40.8. The number of benzene rings is 9. The molecule has 0 spiro atoms. The lowest BCUT2D eigenvalue weighted by molar-refractivity contribution is 1.25. The smallest absolute Gasteiger partial charge is 0.0490 e. The van der Waals surface area contributed by atoms with Crippen LogP contribution in [0.2, 0.25) is 0 Å². The third kappa shape index (κ3) is 8.07. The van der Waals surface area contributed by atoms with Crippen molar-refractivity contribution in [2.45, 2.75) is 20.8 Å². The van der Waals surface area contributed by atoms with Gasteiger partial charge in [-0.2, -0.15) is 0 Å². The Balaban J connectivity index is 0.984. The van der Waals surface area contributed by atoms with Crippen molar-refractivity contribution in [3.8, 4) is 22.3 Å². The molecule has 0 aromatic heterocycles. The van der Waals surface area contributed by atoms with Crippen molar-refractivity contribution >= 4 is 51.2 Å². The van der Waals surface area contributed by atoms with Gasteiger partial charge < -0.3 is 14.7 Å². The standard InChI is InChI=1S/C57H47N3/c1-42-18-30-51(31-19-42)58(49-13-6-4-7-14-49)53-34-22-45(23-35-53)47-26-38-55(39-27-47)60(57-17-11-10-12-44(57)3)56-40-28-48(29-41-56)46-24-36-54(37-25-46)59(50-15-8-5-9-16-50)52-32-20-43(2)21-33-52/h4-41H,1-3H3. The summed E-state index contributed by atoms with van der Waals surface area (Å²) in [5.41, 5.74) is 18.5. The van der Waals surface area contributed by atoms with Crippen LogP contribution in [0.3, 0.4) is 0 Å². The molecule has 0 N–H and O–H groups in total. The van der Waals surface area contributed by atoms with E-state index in [1.807, 2.05) is 0 Å². The SMILES string of the molecule is Cc1ccc(N(c2ccccc2)c2ccc(-c3ccc(N(c4ccc(-c5ccc(N(c6ccccc6)c6ccc(C)cc6)cc5)cc4)c4ccccc4C)cc3)cc2)cc1. The van der Waals surface area contributed by atoms with Crippen molar-refractivity contribution in [2.75, 3.05) is 14.7 Å². The molecule has 0 unspecified atom stereocenters. The van der Waals surface area contributed by atoms with Crippen LogP contribution in [0.4, 0.5) is 51.2 Å². The van der Waals surface area contributed by atoms with Gasteiger partial charge in [0.15, 0.2) is 0 Å². The third-order valence-corrected chi connectivity index (χ3v) is 11.1. The summed E-state index contributed by atoms with van der Waals surface area (Å²) in [6.07, 6.45) is 0. The van der Waals surface area contributed by atoms with Gasteiger partial charge in [-0.05, 0) is 152 Å². The Morgan fingerprint density at radius 3 is 0.783 bits per heavy atom. The van der Waals surface area contributed by atoms with E-state index >= 15 is 0 Å². The van der Waals surface area contributed by atoms with E-state index in [0.29, 0.717) is 0 Å². The van der Waals surface area contributed by atoms with Crippen LogP contribution in [0.15, 0.2) is 231 Å². The van der Waals surface area contributed by atoms with Crippen molar-refractivity contribution < 1.29 is 0 Å². The van der Waals surface area contributed by atoms with E-state index < -0.39 is 0 Å². The summed E-state index contributed by atoms with van der Waals surface area (Å²) in [5, 5.41) is 0. The fourth-order valence-corrected chi connectivity index (χ4v) is 7.89. The lowest BCUT2D eigenvalue weighted by atomic mass is 10.0. The average Bonchev–Trinajstić information content (AvgIpc) is 3.30. The molecule has 9 aromatic carbocycles. The first-order valence-electron chi connectivity index (χ1n) is 20.6. The summed E-state index contributed by atoms with van der Waals surface area (Å²) >= 11 is 0. The van der Waals surface area contributed by atoms with Crippen molar-refractivity contribution in [2.24, 2.45) is 0 Å². The number of nitrogens with zero attached hydrogens (tertiary/aromatic N) is 3. The van der Waals surface area contributed by atoms with Crippen LogP contribution in [0, 0.1) is 20.8 Å². The fourth-order valence-electron chi connectivity index (χ4n) is 7.89. The molecule has 0 saturated heterocycles. The molecule has 0 atom stereocenters. The Bertz CT molecular complexity index is 2600. The average molecular weight is 774 g/mol. The molecule has 60 heavy (non-hydrogen) atoms. The highest BCUT2D eigenvalue weighted by Gasteiger charge is 2.17. The molecule has 3 nitrogen and oxygen atoms in total. The van der Waals surface area contributed by atoms with E-state index in [-0.39, 0.29) is 0 Å². The number of hydrogen-bond acceptors (Lipinski definition) is 3. The zero-order valence-corrected chi connectivity index (χ0v) is 34.3. The topological polar surface area (TPSA) is 9.72 Å². The highest BCUT2D eigenvalue weighted by molar-refractivity contribution is 5.83. The Hall–Kier alpha value is -7.62. The van der Waals surface area contributed by atoms with Crippen molar-refractivity contribution in [1.82, 2.24) is 0 Å². The van der Waals surface area contributed by atoms with E-state index in [1.165, 1.54) is 38.9 Å². The quantitative estimate of drug-likeness (QED) is 0.130. The van der Waals surface area contributed by atoms with Crippen LogP contribution in [-0.4, -0.2) is 0 Å². The molecule has 0 aliphatic heterocycles. The number of hydrogen-bond donors (Lipinski definition) is 0. The van der Waals surface area contributed by atoms with Gasteiger partial charge in [-0.25, -0.2) is 0 Å². The van der Waals surface area contributed by atoms with Gasteiger partial charge in [-0.3, -0.25) is 0 Å². The predicted molar refractivity (Wildman–Crippen MR) is 256 cm³/mol. The summed E-state index contributed by atoms with van der Waals surface area (Å²) in [4.78, 5) is 6.96. The normalized spacial score (nSPS) is 10.9. The minimum Gasteiger partial charge on any atom is -0.311 e. The van der Waals surface area contributed by atoms with Crippen molar-refractivity contribution in [3.05, 3.63) is 247 Å². The molecule has 0 fully saturated rings. The van der Waals surface area contributed by atoms with Crippen LogP contribution in [-0.2, 0) is 0 Å². The van der Waals surface area contributed by atoms with E-state index in [4.69, 9.17) is 0 Å². The van der Waals surface area contributed by atoms with Gasteiger partial charge in [0, 0.05) is 51.2 Å². The second-order valence-electron chi connectivity index (χ2n) is 15.3. The molecule has 0 radical (unpaired) electrons. The number of para-hydroxylation sites is 3. The predicted octanol–water partition coefficient (Wildman–Crippen LogP) is 16.4. The Morgan fingerprint density at radius 2 is 0.467 bits per heavy atom. The number of aryl methyl sites for hydroxylation is 3. The van der Waals surface area contributed by atoms with Gasteiger partial charge >= 0.3 is 0 Å². The fraction of sp³-hybridized carbons (Fsp3) is 0.0526. The van der Waals surface area contributed by atoms with E-state index in [9.17, 15) is 0 Å². The maximum Gasteiger partial charge on any atom is 0.0490 e. The molecule has 290 valence electrons. The summed E-state index contributed by atoms with van der Waals surface area (Å²) in [5.74, 6) is 0. The van der Waals surface area contributed by atoms with Gasteiger partial charge in [0.2, 0.25) is 0 Å². The minimum absolute atomic E-state index is 1.11. The highest BCUT2D eigenvalue weighted by Crippen LogP contribution is 2.40. The Kier molecular flexibility index (Phi) is 10.8. The highest BCUT2D eigenvalue weighted by atomic mass is 15.2. The first kappa shape index (κ1) is 37.9. The lowest BCUT2D eigenvalue weighted by Gasteiger charge is -2.27. The Morgan fingerprint density at radius 1 is 0.217 bits per heavy atom. The molecule has 9 aromatic rings. The van der Waals surface area contributed by atoms with E-state index in [0.717, 1.165) is 51.2 Å². The van der Waals surface area contributed by atoms with Crippen molar-refractivity contribution in [1.29, 1.82) is 0 Å². The monoisotopic (exact) mass is 773 g/mol. The van der Waals surface area contributed by atoms with Crippen LogP contribution in [0.5, 0.6) is 0 Å². The van der Waals surface area contributed by atoms with Crippen LogP contribution < -0.4 is 14.7 Å². The first-order valence-corrected chi connectivity index (χ1v) is 20.6. The maximum atomic E-state index is 2.35. The van der Waals surface area contributed by atoms with Gasteiger partial charge in [-0.15, -0.1) is 0 Å². The maximum absolute atomic E-state index is 2.35. The van der Waals surface area contributed by atoms with E-state index in [2.05, 4.69) is 266 Å². The molecule has 0 amide bonds. The summed E-state index contributed by atoms with van der Waals surface area (Å²) in [7, 11) is 0. The molecule has 0 bridgehead atoms. The van der Waals surface area contributed by atoms with Crippen molar-refractivity contribution in [3.63, 3.8) is 0 Å². The van der Waals surface area contributed by atoms with Gasteiger partial charge in [0.05, 0.1) is 0 Å². The minimum atomic E-state index is 1.11. The van der Waals surface area contributed by atoms with E-state index in [1.54, 1.807) is 0 Å². The molecular formula is C57H47N3. The summed E-state index contributed by atoms with van der Waals surface area (Å²) in [6.45, 7) is 6.43. The van der Waals surface area contributed by atoms with Gasteiger partial charge in [-0.1, -0.05) is 139 Å². The second-order valence-corrected chi connectivity index (χ2v) is 15.3. The molecule has 9 rings (SSSR count).